The molecule has 4 aromatic carbocycles. The number of carboxylic acids is 1. The Balaban J connectivity index is 1.47. The number of aliphatic carboxylic acids is 1. The predicted molar refractivity (Wildman–Crippen MR) is 141 cm³/mol. The maximum Gasteiger partial charge on any atom is 0.307 e. The van der Waals surface area contributed by atoms with E-state index in [9.17, 15) is 9.90 Å². The summed E-state index contributed by atoms with van der Waals surface area (Å²) >= 11 is 0. The van der Waals surface area contributed by atoms with Gasteiger partial charge >= 0.3 is 5.97 Å². The molecule has 1 aliphatic carbocycles. The van der Waals surface area contributed by atoms with E-state index in [1.54, 1.807) is 0 Å². The topological polar surface area (TPSA) is 55.1 Å². The van der Waals surface area contributed by atoms with Crippen LogP contribution in [-0.4, -0.2) is 20.6 Å². The largest absolute Gasteiger partial charge is 0.481 e. The maximum atomic E-state index is 11.3. The van der Waals surface area contributed by atoms with Crippen molar-refractivity contribution in [2.45, 2.75) is 17.9 Å². The minimum Gasteiger partial charge on any atom is -0.481 e. The lowest BCUT2D eigenvalue weighted by Gasteiger charge is -2.37. The van der Waals surface area contributed by atoms with Crippen molar-refractivity contribution in [3.63, 3.8) is 0 Å². The Hall–Kier alpha value is -4.44. The smallest absolute Gasteiger partial charge is 0.307 e. The first-order valence-corrected chi connectivity index (χ1v) is 12.2. The first-order valence-electron chi connectivity index (χ1n) is 12.2. The van der Waals surface area contributed by atoms with Crippen LogP contribution in [0, 0.1) is 5.92 Å². The number of aromatic nitrogens is 2. The van der Waals surface area contributed by atoms with Crippen molar-refractivity contribution in [3.05, 3.63) is 150 Å². The summed E-state index contributed by atoms with van der Waals surface area (Å²) in [6, 6.07) is 39.8. The molecule has 1 aliphatic rings. The molecule has 4 heteroatoms. The average Bonchev–Trinajstić information content (AvgIpc) is 3.61. The average molecular weight is 471 g/mol. The van der Waals surface area contributed by atoms with E-state index in [0.717, 1.165) is 39.9 Å². The standard InChI is InChI=1S/C32H26N2O2/c35-31(36)29-20-28(29)23-16-18-24(19-17-23)30-21-34(22-33-30)32(25-10-4-1-5-11-25,26-12-6-2-7-13-26)27-14-8-3-9-15-27/h1-19,21-22,28-29H,20H2,(H,35,36)/t28-,29+/m1/s1. The first-order chi connectivity index (χ1) is 17.7. The fourth-order valence-electron chi connectivity index (χ4n) is 5.38. The van der Waals surface area contributed by atoms with Gasteiger partial charge < -0.3 is 9.67 Å². The summed E-state index contributed by atoms with van der Waals surface area (Å²) in [4.78, 5) is 16.1. The van der Waals surface area contributed by atoms with Gasteiger partial charge in [0.2, 0.25) is 0 Å². The van der Waals surface area contributed by atoms with E-state index in [4.69, 9.17) is 4.98 Å². The second-order valence-electron chi connectivity index (χ2n) is 9.38. The molecule has 0 amide bonds. The van der Waals surface area contributed by atoms with Crippen LogP contribution in [0.3, 0.4) is 0 Å². The summed E-state index contributed by atoms with van der Waals surface area (Å²) in [5.41, 5.74) is 5.81. The number of hydrogen-bond donors (Lipinski definition) is 1. The van der Waals surface area contributed by atoms with E-state index in [2.05, 4.69) is 95.7 Å². The molecular weight excluding hydrogens is 444 g/mol. The van der Waals surface area contributed by atoms with Crippen LogP contribution in [0.15, 0.2) is 128 Å². The van der Waals surface area contributed by atoms with Gasteiger partial charge in [0.15, 0.2) is 0 Å². The van der Waals surface area contributed by atoms with Crippen LogP contribution in [0.1, 0.15) is 34.6 Å². The van der Waals surface area contributed by atoms with Crippen molar-refractivity contribution in [3.8, 4) is 11.3 Å². The van der Waals surface area contributed by atoms with Crippen LogP contribution >= 0.6 is 0 Å². The Morgan fingerprint density at radius 3 is 1.69 bits per heavy atom. The highest BCUT2D eigenvalue weighted by molar-refractivity contribution is 5.75. The van der Waals surface area contributed by atoms with Crippen LogP contribution in [0.2, 0.25) is 0 Å². The molecule has 1 aromatic heterocycles. The van der Waals surface area contributed by atoms with Gasteiger partial charge in [-0.05, 0) is 34.6 Å². The Kier molecular flexibility index (Phi) is 5.49. The molecule has 0 radical (unpaired) electrons. The van der Waals surface area contributed by atoms with Crippen molar-refractivity contribution >= 4 is 5.97 Å². The Bertz CT molecular complexity index is 1380. The van der Waals surface area contributed by atoms with E-state index in [-0.39, 0.29) is 11.8 Å². The molecule has 2 atom stereocenters. The van der Waals surface area contributed by atoms with Gasteiger partial charge in [0.05, 0.1) is 17.9 Å². The molecule has 1 N–H and O–H groups in total. The van der Waals surface area contributed by atoms with Crippen LogP contribution in [-0.2, 0) is 10.3 Å². The van der Waals surface area contributed by atoms with Crippen molar-refractivity contribution < 1.29 is 9.90 Å². The molecule has 0 spiro atoms. The van der Waals surface area contributed by atoms with E-state index in [1.165, 1.54) is 0 Å². The minimum absolute atomic E-state index is 0.121. The molecule has 0 saturated heterocycles. The number of hydrogen-bond acceptors (Lipinski definition) is 2. The maximum absolute atomic E-state index is 11.3. The molecule has 1 fully saturated rings. The molecule has 6 rings (SSSR count). The van der Waals surface area contributed by atoms with Crippen LogP contribution in [0.5, 0.6) is 0 Å². The van der Waals surface area contributed by atoms with E-state index in [1.807, 2.05) is 36.7 Å². The van der Waals surface area contributed by atoms with Gasteiger partial charge in [-0.2, -0.15) is 0 Å². The fourth-order valence-corrected chi connectivity index (χ4v) is 5.38. The minimum atomic E-state index is -0.707. The van der Waals surface area contributed by atoms with Gasteiger partial charge in [-0.3, -0.25) is 4.79 Å². The van der Waals surface area contributed by atoms with Gasteiger partial charge in [-0.1, -0.05) is 115 Å². The van der Waals surface area contributed by atoms with Crippen LogP contribution < -0.4 is 0 Å². The third-order valence-electron chi connectivity index (χ3n) is 7.29. The fraction of sp³-hybridized carbons (Fsp3) is 0.125. The first kappa shape index (κ1) is 22.1. The van der Waals surface area contributed by atoms with Gasteiger partial charge in [-0.25, -0.2) is 4.98 Å². The van der Waals surface area contributed by atoms with E-state index >= 15 is 0 Å². The number of carbonyl (C=O) groups is 1. The molecule has 5 aromatic rings. The number of rotatable bonds is 7. The Morgan fingerprint density at radius 2 is 1.25 bits per heavy atom. The number of imidazole rings is 1. The normalized spacial score (nSPS) is 17.0. The van der Waals surface area contributed by atoms with Crippen LogP contribution in [0.4, 0.5) is 0 Å². The Morgan fingerprint density at radius 1 is 0.750 bits per heavy atom. The molecule has 1 heterocycles. The van der Waals surface area contributed by atoms with Gasteiger partial charge in [0.25, 0.3) is 0 Å². The molecule has 0 unspecified atom stereocenters. The molecule has 176 valence electrons. The predicted octanol–water partition coefficient (Wildman–Crippen LogP) is 6.58. The Labute approximate surface area is 210 Å². The highest BCUT2D eigenvalue weighted by Crippen LogP contribution is 2.48. The second kappa shape index (κ2) is 8.97. The summed E-state index contributed by atoms with van der Waals surface area (Å²) in [5.74, 6) is -0.837. The zero-order valence-corrected chi connectivity index (χ0v) is 19.7. The SMILES string of the molecule is O=C(O)[C@H]1C[C@@H]1c1ccc(-c2cn(C(c3ccccc3)(c3ccccc3)c3ccccc3)cn2)cc1. The molecule has 0 aliphatic heterocycles. The molecule has 36 heavy (non-hydrogen) atoms. The lowest BCUT2D eigenvalue weighted by Crippen LogP contribution is -2.36. The zero-order valence-electron chi connectivity index (χ0n) is 19.7. The summed E-state index contributed by atoms with van der Waals surface area (Å²) in [6.07, 6.45) is 4.74. The zero-order chi connectivity index (χ0) is 24.5. The summed E-state index contributed by atoms with van der Waals surface area (Å²) in [5, 5.41) is 9.27. The molecule has 4 nitrogen and oxygen atoms in total. The van der Waals surface area contributed by atoms with Crippen molar-refractivity contribution in [2.75, 3.05) is 0 Å². The van der Waals surface area contributed by atoms with Crippen LogP contribution in [0.25, 0.3) is 11.3 Å². The van der Waals surface area contributed by atoms with Crippen molar-refractivity contribution in [1.29, 1.82) is 0 Å². The van der Waals surface area contributed by atoms with Gasteiger partial charge in [0, 0.05) is 11.8 Å². The van der Waals surface area contributed by atoms with Crippen molar-refractivity contribution in [2.24, 2.45) is 5.92 Å². The monoisotopic (exact) mass is 470 g/mol. The summed E-state index contributed by atoms with van der Waals surface area (Å²) < 4.78 is 2.21. The number of benzene rings is 4. The lowest BCUT2D eigenvalue weighted by atomic mass is 9.77. The third-order valence-corrected chi connectivity index (χ3v) is 7.29. The second-order valence-corrected chi connectivity index (χ2v) is 9.38. The summed E-state index contributed by atoms with van der Waals surface area (Å²) in [7, 11) is 0. The third kappa shape index (κ3) is 3.72. The van der Waals surface area contributed by atoms with Crippen molar-refractivity contribution in [1.82, 2.24) is 9.55 Å². The van der Waals surface area contributed by atoms with E-state index in [0.29, 0.717) is 0 Å². The lowest BCUT2D eigenvalue weighted by molar-refractivity contribution is -0.138. The summed E-state index contributed by atoms with van der Waals surface area (Å²) in [6.45, 7) is 0. The highest BCUT2D eigenvalue weighted by Gasteiger charge is 2.44. The molecule has 1 saturated carbocycles. The van der Waals surface area contributed by atoms with E-state index < -0.39 is 11.5 Å². The quantitative estimate of drug-likeness (QED) is 0.273. The van der Waals surface area contributed by atoms with Gasteiger partial charge in [0.1, 0.15) is 5.54 Å². The number of nitrogens with zero attached hydrogens (tertiary/aromatic N) is 2. The molecule has 0 bridgehead atoms. The number of carboxylic acid groups (broad SMARTS) is 1. The highest BCUT2D eigenvalue weighted by atomic mass is 16.4. The molecular formula is C32H26N2O2. The van der Waals surface area contributed by atoms with Gasteiger partial charge in [-0.15, -0.1) is 0 Å².